The van der Waals surface area contributed by atoms with Gasteiger partial charge >= 0.3 is 12.0 Å². The summed E-state index contributed by atoms with van der Waals surface area (Å²) in [5.74, 6) is -0.407. The van der Waals surface area contributed by atoms with Crippen molar-refractivity contribution in [3.05, 3.63) is 24.2 Å². The van der Waals surface area contributed by atoms with E-state index in [1.54, 1.807) is 17.2 Å². The summed E-state index contributed by atoms with van der Waals surface area (Å²) >= 11 is 0. The Bertz CT molecular complexity index is 482. The molecule has 2 atom stereocenters. The maximum absolute atomic E-state index is 12.4. The van der Waals surface area contributed by atoms with Gasteiger partial charge in [0.25, 0.3) is 0 Å². The molecule has 0 bridgehead atoms. The van der Waals surface area contributed by atoms with Crippen LogP contribution >= 0.6 is 0 Å². The van der Waals surface area contributed by atoms with Crippen molar-refractivity contribution in [2.75, 3.05) is 0 Å². The van der Waals surface area contributed by atoms with Crippen molar-refractivity contribution in [3.63, 3.8) is 0 Å². The third-order valence-corrected chi connectivity index (χ3v) is 3.91. The number of carbonyl (C=O) groups excluding carboxylic acids is 1. The van der Waals surface area contributed by atoms with Gasteiger partial charge in [-0.2, -0.15) is 0 Å². The van der Waals surface area contributed by atoms with Crippen molar-refractivity contribution in [1.82, 2.24) is 10.2 Å². The number of carboxylic acid groups (broad SMARTS) is 1. The van der Waals surface area contributed by atoms with E-state index in [4.69, 9.17) is 4.42 Å². The van der Waals surface area contributed by atoms with E-state index >= 15 is 0 Å². The molecule has 1 saturated carbocycles. The van der Waals surface area contributed by atoms with Crippen LogP contribution in [0.15, 0.2) is 22.8 Å². The monoisotopic (exact) mass is 294 g/mol. The Morgan fingerprint density at radius 1 is 1.52 bits per heavy atom. The third kappa shape index (κ3) is 4.00. The van der Waals surface area contributed by atoms with Crippen molar-refractivity contribution in [3.8, 4) is 0 Å². The molecule has 0 aliphatic heterocycles. The molecule has 0 spiro atoms. The average Bonchev–Trinajstić information content (AvgIpc) is 3.17. The number of nitrogens with zero attached hydrogens (tertiary/aromatic N) is 1. The van der Waals surface area contributed by atoms with Gasteiger partial charge in [0.15, 0.2) is 0 Å². The molecule has 2 rings (SSSR count). The van der Waals surface area contributed by atoms with Crippen molar-refractivity contribution in [2.45, 2.75) is 51.7 Å². The Morgan fingerprint density at radius 2 is 2.24 bits per heavy atom. The Kier molecular flexibility index (Phi) is 4.88. The zero-order chi connectivity index (χ0) is 15.4. The van der Waals surface area contributed by atoms with Crippen LogP contribution in [-0.4, -0.2) is 34.1 Å². The van der Waals surface area contributed by atoms with Crippen molar-refractivity contribution < 1.29 is 19.1 Å². The number of urea groups is 1. The number of hydrogen-bond acceptors (Lipinski definition) is 3. The number of nitrogens with one attached hydrogen (secondary N) is 1. The molecular weight excluding hydrogens is 272 g/mol. The van der Waals surface area contributed by atoms with E-state index in [0.29, 0.717) is 18.7 Å². The number of rotatable bonds is 7. The van der Waals surface area contributed by atoms with E-state index in [2.05, 4.69) is 5.32 Å². The van der Waals surface area contributed by atoms with Crippen LogP contribution in [0.3, 0.4) is 0 Å². The lowest BCUT2D eigenvalue weighted by atomic mass is 9.99. The summed E-state index contributed by atoms with van der Waals surface area (Å²) in [6, 6.07) is 2.58. The zero-order valence-electron chi connectivity index (χ0n) is 12.4. The fourth-order valence-electron chi connectivity index (χ4n) is 2.22. The highest BCUT2D eigenvalue weighted by Crippen LogP contribution is 2.28. The number of hydrogen-bond donors (Lipinski definition) is 2. The molecule has 1 aromatic rings. The highest BCUT2D eigenvalue weighted by molar-refractivity contribution is 5.83. The topological polar surface area (TPSA) is 82.8 Å². The van der Waals surface area contributed by atoms with Gasteiger partial charge in [0, 0.05) is 6.04 Å². The normalized spacial score (nSPS) is 17.0. The lowest BCUT2D eigenvalue weighted by Crippen LogP contribution is -2.50. The van der Waals surface area contributed by atoms with Crippen molar-refractivity contribution in [1.29, 1.82) is 0 Å². The van der Waals surface area contributed by atoms with Crippen LogP contribution in [0.1, 0.15) is 38.9 Å². The molecule has 1 unspecified atom stereocenters. The summed E-state index contributed by atoms with van der Waals surface area (Å²) in [5, 5.41) is 11.9. The van der Waals surface area contributed by atoms with Gasteiger partial charge in [-0.05, 0) is 30.9 Å². The number of furan rings is 1. The molecule has 1 aliphatic carbocycles. The van der Waals surface area contributed by atoms with Gasteiger partial charge in [-0.3, -0.25) is 0 Å². The van der Waals surface area contributed by atoms with Crippen molar-refractivity contribution in [2.24, 2.45) is 5.92 Å². The Balaban J connectivity index is 2.02. The molecule has 6 nitrogen and oxygen atoms in total. The minimum absolute atomic E-state index is 0.115. The Morgan fingerprint density at radius 3 is 2.71 bits per heavy atom. The van der Waals surface area contributed by atoms with Crippen LogP contribution in [0.2, 0.25) is 0 Å². The number of amides is 2. The average molecular weight is 294 g/mol. The Labute approximate surface area is 124 Å². The summed E-state index contributed by atoms with van der Waals surface area (Å²) in [6.07, 6.45) is 4.17. The molecule has 116 valence electrons. The van der Waals surface area contributed by atoms with Gasteiger partial charge in [0.1, 0.15) is 11.8 Å². The molecule has 6 heteroatoms. The van der Waals surface area contributed by atoms with Gasteiger partial charge in [-0.15, -0.1) is 0 Å². The predicted molar refractivity (Wildman–Crippen MR) is 76.7 cm³/mol. The molecule has 1 fully saturated rings. The smallest absolute Gasteiger partial charge is 0.326 e. The van der Waals surface area contributed by atoms with Crippen LogP contribution in [-0.2, 0) is 11.3 Å². The fraction of sp³-hybridized carbons (Fsp3) is 0.600. The molecule has 21 heavy (non-hydrogen) atoms. The maximum atomic E-state index is 12.4. The van der Waals surface area contributed by atoms with Crippen LogP contribution in [0, 0.1) is 5.92 Å². The molecule has 0 radical (unpaired) electrons. The standard InChI is InChI=1S/C15H22N2O4/c1-3-10(2)13(14(18)19)16-15(20)17(11-6-7-11)9-12-5-4-8-21-12/h4-5,8,10-11,13H,3,6-7,9H2,1-2H3,(H,16,20)(H,18,19)/t10?,13-/m0/s1. The van der Waals surface area contributed by atoms with Gasteiger partial charge in [-0.25, -0.2) is 9.59 Å². The first kappa shape index (κ1) is 15.4. The zero-order valence-corrected chi connectivity index (χ0v) is 12.4. The predicted octanol–water partition coefficient (Wildman–Crippen LogP) is 2.45. The van der Waals surface area contributed by atoms with Gasteiger partial charge < -0.3 is 19.7 Å². The van der Waals surface area contributed by atoms with Gasteiger partial charge in [0.05, 0.1) is 12.8 Å². The van der Waals surface area contributed by atoms with Gasteiger partial charge in [0.2, 0.25) is 0 Å². The largest absolute Gasteiger partial charge is 0.480 e. The maximum Gasteiger partial charge on any atom is 0.326 e. The van der Waals surface area contributed by atoms with E-state index in [1.165, 1.54) is 0 Å². The van der Waals surface area contributed by atoms with Crippen LogP contribution in [0.25, 0.3) is 0 Å². The first-order valence-corrected chi connectivity index (χ1v) is 7.35. The number of carbonyl (C=O) groups is 2. The van der Waals surface area contributed by atoms with E-state index in [0.717, 1.165) is 12.8 Å². The highest BCUT2D eigenvalue weighted by Gasteiger charge is 2.35. The minimum atomic E-state index is -0.994. The SMILES string of the molecule is CCC(C)[C@H](NC(=O)N(Cc1ccco1)C1CC1)C(=O)O. The first-order valence-electron chi connectivity index (χ1n) is 7.35. The summed E-state index contributed by atoms with van der Waals surface area (Å²) in [5.41, 5.74) is 0. The van der Waals surface area contributed by atoms with Gasteiger partial charge in [-0.1, -0.05) is 20.3 Å². The summed E-state index contributed by atoms with van der Waals surface area (Å²) in [4.78, 5) is 25.4. The summed E-state index contributed by atoms with van der Waals surface area (Å²) in [7, 11) is 0. The van der Waals surface area contributed by atoms with E-state index in [1.807, 2.05) is 19.9 Å². The van der Waals surface area contributed by atoms with Crippen LogP contribution in [0.5, 0.6) is 0 Å². The molecule has 1 aromatic heterocycles. The molecule has 0 saturated heterocycles. The lowest BCUT2D eigenvalue weighted by Gasteiger charge is -2.26. The minimum Gasteiger partial charge on any atom is -0.480 e. The van der Waals surface area contributed by atoms with E-state index in [-0.39, 0.29) is 18.0 Å². The Hall–Kier alpha value is -1.98. The first-order chi connectivity index (χ1) is 10.0. The van der Waals surface area contributed by atoms with Crippen LogP contribution in [0.4, 0.5) is 4.79 Å². The molecule has 1 heterocycles. The second kappa shape index (κ2) is 6.65. The molecule has 0 aromatic carbocycles. The summed E-state index contributed by atoms with van der Waals surface area (Å²) < 4.78 is 5.28. The summed E-state index contributed by atoms with van der Waals surface area (Å²) in [6.45, 7) is 4.11. The van der Waals surface area contributed by atoms with E-state index in [9.17, 15) is 14.7 Å². The quantitative estimate of drug-likeness (QED) is 0.809. The van der Waals surface area contributed by atoms with Crippen LogP contribution < -0.4 is 5.32 Å². The second-order valence-electron chi connectivity index (χ2n) is 5.59. The molecular formula is C15H22N2O4. The third-order valence-electron chi connectivity index (χ3n) is 3.91. The molecule has 2 N–H and O–H groups in total. The fourth-order valence-corrected chi connectivity index (χ4v) is 2.22. The highest BCUT2D eigenvalue weighted by atomic mass is 16.4. The number of carboxylic acids is 1. The van der Waals surface area contributed by atoms with E-state index < -0.39 is 12.0 Å². The lowest BCUT2D eigenvalue weighted by molar-refractivity contribution is -0.140. The van der Waals surface area contributed by atoms with Crippen molar-refractivity contribution >= 4 is 12.0 Å². The molecule has 1 aliphatic rings. The second-order valence-corrected chi connectivity index (χ2v) is 5.59. The molecule has 2 amide bonds. The number of aliphatic carboxylic acids is 1.